The van der Waals surface area contributed by atoms with Crippen LogP contribution in [0.4, 0.5) is 10.2 Å². The van der Waals surface area contributed by atoms with Crippen LogP contribution in [0.25, 0.3) is 11.4 Å². The van der Waals surface area contributed by atoms with Crippen LogP contribution in [0.15, 0.2) is 54.9 Å². The second-order valence-electron chi connectivity index (χ2n) is 8.05. The first-order valence-corrected chi connectivity index (χ1v) is 10.5. The van der Waals surface area contributed by atoms with Crippen LogP contribution in [0.3, 0.4) is 0 Å². The van der Waals surface area contributed by atoms with E-state index >= 15 is 0 Å². The van der Waals surface area contributed by atoms with E-state index in [9.17, 15) is 9.18 Å². The number of anilines is 1. The fourth-order valence-corrected chi connectivity index (χ4v) is 3.88. The number of amides is 1. The van der Waals surface area contributed by atoms with Gasteiger partial charge in [-0.1, -0.05) is 18.2 Å². The Bertz CT molecular complexity index is 1060. The number of carbonyl (C=O) groups is 1. The molecule has 1 aliphatic heterocycles. The van der Waals surface area contributed by atoms with Crippen LogP contribution in [-0.4, -0.2) is 52.9 Å². The number of likely N-dealkylation sites (tertiary alicyclic amines) is 1. The lowest BCUT2D eigenvalue weighted by Crippen LogP contribution is -2.40. The standard InChI is InChI=1S/C24H26FN5O/c1-29(2)22-15-21(27-24(28-22)17-9-11-26-12-10-17)19-7-5-13-30(16-19)23(31)14-18-6-3-4-8-20(18)25/h3-4,6,8-12,15,19H,5,7,13-14,16H2,1-2H3. The van der Waals surface area contributed by atoms with Crippen LogP contribution >= 0.6 is 0 Å². The first kappa shape index (κ1) is 20.9. The van der Waals surface area contributed by atoms with Gasteiger partial charge in [-0.3, -0.25) is 9.78 Å². The summed E-state index contributed by atoms with van der Waals surface area (Å²) >= 11 is 0. The van der Waals surface area contributed by atoms with E-state index in [0.717, 1.165) is 29.9 Å². The number of piperidine rings is 1. The normalized spacial score (nSPS) is 16.2. The highest BCUT2D eigenvalue weighted by Crippen LogP contribution is 2.29. The molecule has 1 unspecified atom stereocenters. The molecule has 1 aromatic carbocycles. The molecule has 1 saturated heterocycles. The van der Waals surface area contributed by atoms with Gasteiger partial charge >= 0.3 is 0 Å². The van der Waals surface area contributed by atoms with E-state index in [4.69, 9.17) is 4.98 Å². The number of carbonyl (C=O) groups excluding carboxylic acids is 1. The van der Waals surface area contributed by atoms with E-state index in [-0.39, 0.29) is 24.1 Å². The number of benzene rings is 1. The summed E-state index contributed by atoms with van der Waals surface area (Å²) in [6.45, 7) is 1.26. The Labute approximate surface area is 181 Å². The molecule has 7 heteroatoms. The summed E-state index contributed by atoms with van der Waals surface area (Å²) < 4.78 is 14.0. The molecule has 31 heavy (non-hydrogen) atoms. The molecule has 160 valence electrons. The van der Waals surface area contributed by atoms with Gasteiger partial charge in [0.25, 0.3) is 0 Å². The van der Waals surface area contributed by atoms with Crippen molar-refractivity contribution in [1.82, 2.24) is 19.9 Å². The Hall–Kier alpha value is -3.35. The Morgan fingerprint density at radius 3 is 2.68 bits per heavy atom. The summed E-state index contributed by atoms with van der Waals surface area (Å²) in [6.07, 6.45) is 5.37. The number of hydrogen-bond acceptors (Lipinski definition) is 5. The van der Waals surface area contributed by atoms with Gasteiger partial charge in [-0.25, -0.2) is 14.4 Å². The highest BCUT2D eigenvalue weighted by atomic mass is 19.1. The monoisotopic (exact) mass is 419 g/mol. The van der Waals surface area contributed by atoms with Crippen molar-refractivity contribution in [3.63, 3.8) is 0 Å². The van der Waals surface area contributed by atoms with Crippen molar-refractivity contribution in [2.24, 2.45) is 0 Å². The second-order valence-corrected chi connectivity index (χ2v) is 8.05. The summed E-state index contributed by atoms with van der Waals surface area (Å²) in [5, 5.41) is 0. The van der Waals surface area contributed by atoms with Crippen molar-refractivity contribution >= 4 is 11.7 Å². The van der Waals surface area contributed by atoms with E-state index in [1.807, 2.05) is 42.1 Å². The molecule has 1 fully saturated rings. The molecule has 0 radical (unpaired) electrons. The molecule has 1 amide bonds. The van der Waals surface area contributed by atoms with Crippen LogP contribution in [0.1, 0.15) is 30.0 Å². The van der Waals surface area contributed by atoms with Gasteiger partial charge in [-0.05, 0) is 36.6 Å². The largest absolute Gasteiger partial charge is 0.363 e. The van der Waals surface area contributed by atoms with Crippen molar-refractivity contribution in [1.29, 1.82) is 0 Å². The third-order valence-corrected chi connectivity index (χ3v) is 5.62. The van der Waals surface area contributed by atoms with E-state index in [2.05, 4.69) is 9.97 Å². The van der Waals surface area contributed by atoms with Crippen molar-refractivity contribution in [2.75, 3.05) is 32.1 Å². The summed E-state index contributed by atoms with van der Waals surface area (Å²) in [6, 6.07) is 12.2. The molecule has 0 spiro atoms. The fraction of sp³-hybridized carbons (Fsp3) is 0.333. The lowest BCUT2D eigenvalue weighted by molar-refractivity contribution is -0.131. The van der Waals surface area contributed by atoms with Gasteiger partial charge in [-0.2, -0.15) is 0 Å². The number of pyridine rings is 1. The Morgan fingerprint density at radius 2 is 1.94 bits per heavy atom. The predicted octanol–water partition coefficient (Wildman–Crippen LogP) is 3.69. The van der Waals surface area contributed by atoms with Gasteiger partial charge in [-0.15, -0.1) is 0 Å². The minimum atomic E-state index is -0.335. The Kier molecular flexibility index (Phi) is 6.21. The molecule has 0 bridgehead atoms. The fourth-order valence-electron chi connectivity index (χ4n) is 3.88. The number of halogens is 1. The van der Waals surface area contributed by atoms with Gasteiger partial charge in [0.2, 0.25) is 5.91 Å². The molecular weight excluding hydrogens is 393 g/mol. The smallest absolute Gasteiger partial charge is 0.227 e. The van der Waals surface area contributed by atoms with Gasteiger partial charge < -0.3 is 9.80 Å². The zero-order chi connectivity index (χ0) is 21.8. The van der Waals surface area contributed by atoms with Crippen LogP contribution < -0.4 is 4.90 Å². The number of rotatable bonds is 5. The average molecular weight is 420 g/mol. The molecule has 0 aliphatic carbocycles. The van der Waals surface area contributed by atoms with Crippen molar-refractivity contribution < 1.29 is 9.18 Å². The molecule has 2 aromatic heterocycles. The molecule has 1 aliphatic rings. The topological polar surface area (TPSA) is 62.2 Å². The highest BCUT2D eigenvalue weighted by Gasteiger charge is 2.27. The van der Waals surface area contributed by atoms with Gasteiger partial charge in [0.05, 0.1) is 12.1 Å². The average Bonchev–Trinajstić information content (AvgIpc) is 2.81. The Balaban J connectivity index is 1.57. The van der Waals surface area contributed by atoms with Crippen LogP contribution in [0, 0.1) is 5.82 Å². The van der Waals surface area contributed by atoms with Gasteiger partial charge in [0.1, 0.15) is 11.6 Å². The third kappa shape index (κ3) is 4.87. The number of aromatic nitrogens is 3. The maximum Gasteiger partial charge on any atom is 0.227 e. The van der Waals surface area contributed by atoms with Gasteiger partial charge in [0.15, 0.2) is 5.82 Å². The molecule has 3 aromatic rings. The molecular formula is C24H26FN5O. The molecule has 4 rings (SSSR count). The van der Waals surface area contributed by atoms with E-state index in [1.165, 1.54) is 6.07 Å². The molecule has 0 saturated carbocycles. The maximum atomic E-state index is 14.0. The van der Waals surface area contributed by atoms with Crippen molar-refractivity contribution in [3.8, 4) is 11.4 Å². The number of hydrogen-bond donors (Lipinski definition) is 0. The van der Waals surface area contributed by atoms with E-state index < -0.39 is 0 Å². The second kappa shape index (κ2) is 9.20. The van der Waals surface area contributed by atoms with Crippen molar-refractivity contribution in [3.05, 3.63) is 71.9 Å². The summed E-state index contributed by atoms with van der Waals surface area (Å²) in [7, 11) is 3.90. The first-order valence-electron chi connectivity index (χ1n) is 10.5. The molecule has 1 atom stereocenters. The van der Waals surface area contributed by atoms with Crippen LogP contribution in [-0.2, 0) is 11.2 Å². The zero-order valence-corrected chi connectivity index (χ0v) is 17.8. The predicted molar refractivity (Wildman–Crippen MR) is 118 cm³/mol. The van der Waals surface area contributed by atoms with Crippen molar-refractivity contribution in [2.45, 2.75) is 25.2 Å². The van der Waals surface area contributed by atoms with E-state index in [0.29, 0.717) is 24.5 Å². The lowest BCUT2D eigenvalue weighted by Gasteiger charge is -2.33. The molecule has 0 N–H and O–H groups in total. The van der Waals surface area contributed by atoms with Crippen LogP contribution in [0.2, 0.25) is 0 Å². The minimum absolute atomic E-state index is 0.0500. The molecule has 6 nitrogen and oxygen atoms in total. The van der Waals surface area contributed by atoms with E-state index in [1.54, 1.807) is 30.6 Å². The number of nitrogens with zero attached hydrogens (tertiary/aromatic N) is 5. The zero-order valence-electron chi connectivity index (χ0n) is 17.8. The lowest BCUT2D eigenvalue weighted by atomic mass is 9.93. The summed E-state index contributed by atoms with van der Waals surface area (Å²) in [5.41, 5.74) is 2.27. The van der Waals surface area contributed by atoms with Gasteiger partial charge in [0, 0.05) is 57.1 Å². The minimum Gasteiger partial charge on any atom is -0.363 e. The first-order chi connectivity index (χ1) is 15.0. The maximum absolute atomic E-state index is 14.0. The third-order valence-electron chi connectivity index (χ3n) is 5.62. The quantitative estimate of drug-likeness (QED) is 0.631. The molecule has 3 heterocycles. The SMILES string of the molecule is CN(C)c1cc(C2CCCN(C(=O)Cc3ccccc3F)C2)nc(-c2ccncc2)n1. The Morgan fingerprint density at radius 1 is 1.16 bits per heavy atom. The van der Waals surface area contributed by atoms with Crippen LogP contribution in [0.5, 0.6) is 0 Å². The summed E-state index contributed by atoms with van der Waals surface area (Å²) in [4.78, 5) is 30.3. The summed E-state index contributed by atoms with van der Waals surface area (Å²) in [5.74, 6) is 1.20. The highest BCUT2D eigenvalue weighted by molar-refractivity contribution is 5.79.